The van der Waals surface area contributed by atoms with Crippen LogP contribution in [0.5, 0.6) is 17.2 Å². The molecule has 0 radical (unpaired) electrons. The molecule has 33 heavy (non-hydrogen) atoms. The number of methoxy groups -OCH3 is 1. The normalized spacial score (nSPS) is 14.9. The molecule has 2 aromatic carbocycles. The first kappa shape index (κ1) is 22.7. The number of fused-ring (bicyclic) bond motifs is 1. The standard InChI is InChI=1S/C26H29NO6/c1-31-19-11-9-17(10-12-19)21-15-33-23-14-20(13-22(28)25(23)26(21)30)32-16-24(29)27-18-7-5-3-2-4-6-8-18/h9-15,18,28H,2-8,16H2,1H3,(H,27,29). The van der Waals surface area contributed by atoms with Crippen LogP contribution < -0.4 is 20.2 Å². The molecule has 1 amide bonds. The fourth-order valence-corrected chi connectivity index (χ4v) is 4.28. The number of carbonyl (C=O) groups excluding carboxylic acids is 1. The fourth-order valence-electron chi connectivity index (χ4n) is 4.28. The number of phenolic OH excluding ortho intramolecular Hbond substituents is 1. The average molecular weight is 452 g/mol. The van der Waals surface area contributed by atoms with Crippen LogP contribution in [-0.4, -0.2) is 30.8 Å². The number of amides is 1. The minimum Gasteiger partial charge on any atom is -0.507 e. The summed E-state index contributed by atoms with van der Waals surface area (Å²) in [6, 6.07) is 10.0. The summed E-state index contributed by atoms with van der Waals surface area (Å²) < 4.78 is 16.4. The Kier molecular flexibility index (Phi) is 7.17. The number of hydrogen-bond acceptors (Lipinski definition) is 6. The van der Waals surface area contributed by atoms with E-state index in [1.165, 1.54) is 37.7 Å². The first-order chi connectivity index (χ1) is 16.0. The van der Waals surface area contributed by atoms with E-state index in [0.717, 1.165) is 25.7 Å². The van der Waals surface area contributed by atoms with Gasteiger partial charge >= 0.3 is 0 Å². The zero-order chi connectivity index (χ0) is 23.2. The van der Waals surface area contributed by atoms with Crippen molar-refractivity contribution < 1.29 is 23.8 Å². The third-order valence-corrected chi connectivity index (χ3v) is 6.07. The van der Waals surface area contributed by atoms with E-state index in [4.69, 9.17) is 13.9 Å². The Morgan fingerprint density at radius 1 is 1.06 bits per heavy atom. The molecule has 1 heterocycles. The number of rotatable bonds is 6. The summed E-state index contributed by atoms with van der Waals surface area (Å²) in [5.74, 6) is 0.476. The van der Waals surface area contributed by atoms with Gasteiger partial charge in [0.15, 0.2) is 6.61 Å². The van der Waals surface area contributed by atoms with E-state index in [2.05, 4.69) is 5.32 Å². The molecule has 0 spiro atoms. The lowest BCUT2D eigenvalue weighted by atomic mass is 9.97. The van der Waals surface area contributed by atoms with Gasteiger partial charge in [0.25, 0.3) is 5.91 Å². The van der Waals surface area contributed by atoms with Crippen LogP contribution in [0.3, 0.4) is 0 Å². The topological polar surface area (TPSA) is 98.0 Å². The van der Waals surface area contributed by atoms with Gasteiger partial charge in [0.2, 0.25) is 5.43 Å². The molecular formula is C26H29NO6. The van der Waals surface area contributed by atoms with E-state index >= 15 is 0 Å². The van der Waals surface area contributed by atoms with Crippen molar-refractivity contribution >= 4 is 16.9 Å². The molecule has 0 atom stereocenters. The summed E-state index contributed by atoms with van der Waals surface area (Å²) in [5.41, 5.74) is 0.810. The number of carbonyl (C=O) groups is 1. The Balaban J connectivity index is 1.47. The number of ether oxygens (including phenoxy) is 2. The van der Waals surface area contributed by atoms with Crippen molar-refractivity contribution in [1.82, 2.24) is 5.32 Å². The van der Waals surface area contributed by atoms with E-state index in [1.807, 2.05) is 0 Å². The van der Waals surface area contributed by atoms with Gasteiger partial charge in [0, 0.05) is 18.2 Å². The molecule has 7 heteroatoms. The smallest absolute Gasteiger partial charge is 0.258 e. The molecule has 7 nitrogen and oxygen atoms in total. The van der Waals surface area contributed by atoms with E-state index in [9.17, 15) is 14.7 Å². The minimum absolute atomic E-state index is 0.0645. The van der Waals surface area contributed by atoms with Crippen LogP contribution in [0, 0.1) is 0 Å². The van der Waals surface area contributed by atoms with Crippen molar-refractivity contribution in [3.05, 3.63) is 52.9 Å². The maximum absolute atomic E-state index is 13.0. The van der Waals surface area contributed by atoms with Gasteiger partial charge in [0.05, 0.1) is 12.7 Å². The van der Waals surface area contributed by atoms with Gasteiger partial charge in [-0.25, -0.2) is 0 Å². The second kappa shape index (κ2) is 10.4. The van der Waals surface area contributed by atoms with Crippen LogP contribution in [0.25, 0.3) is 22.1 Å². The van der Waals surface area contributed by atoms with Gasteiger partial charge in [-0.05, 0) is 30.5 Å². The van der Waals surface area contributed by atoms with Gasteiger partial charge in [-0.15, -0.1) is 0 Å². The highest BCUT2D eigenvalue weighted by atomic mass is 16.5. The Morgan fingerprint density at radius 3 is 2.45 bits per heavy atom. The third-order valence-electron chi connectivity index (χ3n) is 6.07. The molecule has 4 rings (SSSR count). The SMILES string of the molecule is COc1ccc(-c2coc3cc(OCC(=O)NC4CCCCCCC4)cc(O)c3c2=O)cc1. The highest BCUT2D eigenvalue weighted by Gasteiger charge is 2.17. The number of aromatic hydroxyl groups is 1. The molecule has 0 bridgehead atoms. The predicted octanol–water partition coefficient (Wildman–Crippen LogP) is 4.78. The number of nitrogens with one attached hydrogen (secondary N) is 1. The Hall–Kier alpha value is -3.48. The van der Waals surface area contributed by atoms with Gasteiger partial charge in [-0.3, -0.25) is 9.59 Å². The molecule has 0 aliphatic heterocycles. The van der Waals surface area contributed by atoms with Gasteiger partial charge < -0.3 is 24.3 Å². The summed E-state index contributed by atoms with van der Waals surface area (Å²) in [4.78, 5) is 25.4. The quantitative estimate of drug-likeness (QED) is 0.560. The second-order valence-electron chi connectivity index (χ2n) is 8.42. The van der Waals surface area contributed by atoms with Crippen LogP contribution in [0.4, 0.5) is 0 Å². The van der Waals surface area contributed by atoms with Gasteiger partial charge in [-0.1, -0.05) is 44.2 Å². The largest absolute Gasteiger partial charge is 0.507 e. The molecule has 1 fully saturated rings. The molecule has 1 saturated carbocycles. The lowest BCUT2D eigenvalue weighted by Gasteiger charge is -2.21. The summed E-state index contributed by atoms with van der Waals surface area (Å²) >= 11 is 0. The van der Waals surface area contributed by atoms with Crippen molar-refractivity contribution in [3.63, 3.8) is 0 Å². The van der Waals surface area contributed by atoms with Crippen LogP contribution in [0.1, 0.15) is 44.9 Å². The zero-order valence-corrected chi connectivity index (χ0v) is 18.8. The van der Waals surface area contributed by atoms with Gasteiger partial charge in [-0.2, -0.15) is 0 Å². The molecule has 3 aromatic rings. The van der Waals surface area contributed by atoms with Crippen LogP contribution in [0.15, 0.2) is 51.9 Å². The first-order valence-corrected chi connectivity index (χ1v) is 11.4. The van der Waals surface area contributed by atoms with Crippen LogP contribution >= 0.6 is 0 Å². The number of phenols is 1. The lowest BCUT2D eigenvalue weighted by Crippen LogP contribution is -2.38. The summed E-state index contributed by atoms with van der Waals surface area (Å²) in [5, 5.41) is 13.6. The number of hydrogen-bond donors (Lipinski definition) is 2. The molecule has 174 valence electrons. The molecule has 0 unspecified atom stereocenters. The Morgan fingerprint density at radius 2 is 1.76 bits per heavy atom. The molecule has 0 saturated heterocycles. The van der Waals surface area contributed by atoms with Crippen LogP contribution in [0.2, 0.25) is 0 Å². The number of benzene rings is 2. The average Bonchev–Trinajstić information content (AvgIpc) is 2.79. The van der Waals surface area contributed by atoms with E-state index in [0.29, 0.717) is 16.9 Å². The Bertz CT molecular complexity index is 1160. The highest BCUT2D eigenvalue weighted by molar-refractivity contribution is 5.88. The Labute approximate surface area is 192 Å². The predicted molar refractivity (Wildman–Crippen MR) is 126 cm³/mol. The van der Waals surface area contributed by atoms with E-state index in [1.54, 1.807) is 31.4 Å². The highest BCUT2D eigenvalue weighted by Crippen LogP contribution is 2.30. The first-order valence-electron chi connectivity index (χ1n) is 11.4. The second-order valence-corrected chi connectivity index (χ2v) is 8.42. The van der Waals surface area contributed by atoms with Crippen molar-refractivity contribution in [2.45, 2.75) is 51.0 Å². The molecule has 1 aromatic heterocycles. The fraction of sp³-hybridized carbons (Fsp3) is 0.385. The van der Waals surface area contributed by atoms with Crippen molar-refractivity contribution in [1.29, 1.82) is 0 Å². The van der Waals surface area contributed by atoms with Crippen LogP contribution in [-0.2, 0) is 4.79 Å². The molecule has 2 N–H and O–H groups in total. The summed E-state index contributed by atoms with van der Waals surface area (Å²) in [6.45, 7) is -0.171. The summed E-state index contributed by atoms with van der Waals surface area (Å²) in [7, 11) is 1.57. The van der Waals surface area contributed by atoms with Crippen molar-refractivity contribution in [2.24, 2.45) is 0 Å². The maximum atomic E-state index is 13.0. The monoisotopic (exact) mass is 451 g/mol. The van der Waals surface area contributed by atoms with E-state index in [-0.39, 0.29) is 46.5 Å². The maximum Gasteiger partial charge on any atom is 0.258 e. The van der Waals surface area contributed by atoms with E-state index < -0.39 is 0 Å². The molecular weight excluding hydrogens is 422 g/mol. The summed E-state index contributed by atoms with van der Waals surface area (Å²) in [6.07, 6.45) is 9.29. The zero-order valence-electron chi connectivity index (χ0n) is 18.8. The van der Waals surface area contributed by atoms with Crippen molar-refractivity contribution in [2.75, 3.05) is 13.7 Å². The third kappa shape index (κ3) is 5.48. The molecule has 1 aliphatic rings. The molecule has 1 aliphatic carbocycles. The van der Waals surface area contributed by atoms with Crippen molar-refractivity contribution in [3.8, 4) is 28.4 Å². The van der Waals surface area contributed by atoms with Gasteiger partial charge in [0.1, 0.15) is 34.5 Å². The minimum atomic E-state index is -0.354. The lowest BCUT2D eigenvalue weighted by molar-refractivity contribution is -0.123.